The molecule has 0 aromatic carbocycles. The van der Waals surface area contributed by atoms with Gasteiger partial charge in [-0.25, -0.2) is 9.97 Å². The summed E-state index contributed by atoms with van der Waals surface area (Å²) in [6, 6.07) is 4.75. The molecule has 2 fully saturated rings. The van der Waals surface area contributed by atoms with E-state index in [-0.39, 0.29) is 0 Å². The Kier molecular flexibility index (Phi) is 5.40. The molecule has 3 aromatic heterocycles. The molecule has 8 nitrogen and oxygen atoms in total. The molecular formula is C25H33N7O. The van der Waals surface area contributed by atoms with Gasteiger partial charge in [0.05, 0.1) is 17.1 Å². The molecule has 174 valence electrons. The van der Waals surface area contributed by atoms with E-state index in [1.54, 1.807) is 0 Å². The van der Waals surface area contributed by atoms with Crippen LogP contribution in [0.1, 0.15) is 55.6 Å². The fourth-order valence-corrected chi connectivity index (χ4v) is 5.51. The van der Waals surface area contributed by atoms with Crippen LogP contribution in [0, 0.1) is 6.92 Å². The number of rotatable bonds is 4. The molecule has 0 amide bonds. The first-order valence-electron chi connectivity index (χ1n) is 12.5. The molecule has 0 bridgehead atoms. The van der Waals surface area contributed by atoms with Crippen LogP contribution in [0.4, 0.5) is 11.6 Å². The Labute approximate surface area is 195 Å². The van der Waals surface area contributed by atoms with E-state index in [1.165, 1.54) is 31.4 Å². The average molecular weight is 448 g/mol. The van der Waals surface area contributed by atoms with Crippen LogP contribution in [0.3, 0.4) is 0 Å². The summed E-state index contributed by atoms with van der Waals surface area (Å²) in [6.07, 6.45) is 8.97. The molecule has 6 rings (SSSR count). The summed E-state index contributed by atoms with van der Waals surface area (Å²) in [5, 5.41) is 5.04. The van der Waals surface area contributed by atoms with E-state index in [2.05, 4.69) is 35.9 Å². The number of anilines is 2. The smallest absolute Gasteiger partial charge is 0.160 e. The van der Waals surface area contributed by atoms with Crippen LogP contribution >= 0.6 is 0 Å². The third-order valence-electron chi connectivity index (χ3n) is 7.47. The van der Waals surface area contributed by atoms with Gasteiger partial charge in [-0.3, -0.25) is 4.98 Å². The maximum Gasteiger partial charge on any atom is 0.160 e. The lowest BCUT2D eigenvalue weighted by molar-refractivity contribution is 0.0853. The summed E-state index contributed by atoms with van der Waals surface area (Å²) in [5.41, 5.74) is 5.90. The van der Waals surface area contributed by atoms with Gasteiger partial charge < -0.3 is 14.5 Å². The molecule has 0 radical (unpaired) electrons. The summed E-state index contributed by atoms with van der Waals surface area (Å²) in [7, 11) is 2.18. The Morgan fingerprint density at radius 2 is 1.67 bits per heavy atom. The first-order chi connectivity index (χ1) is 16.2. The lowest BCUT2D eigenvalue weighted by atomic mass is 10.00. The molecule has 0 unspecified atom stereocenters. The number of aryl methyl sites for hydroxylation is 3. The molecule has 2 saturated heterocycles. The maximum atomic E-state index is 5.61. The number of ether oxygens (including phenoxy) is 1. The molecule has 0 atom stereocenters. The lowest BCUT2D eigenvalue weighted by Gasteiger charge is -2.33. The highest BCUT2D eigenvalue weighted by molar-refractivity contribution is 5.67. The van der Waals surface area contributed by atoms with Crippen LogP contribution in [0.2, 0.25) is 0 Å². The zero-order valence-electron chi connectivity index (χ0n) is 19.8. The van der Waals surface area contributed by atoms with Crippen molar-refractivity contribution < 1.29 is 4.74 Å². The Bertz CT molecular complexity index is 1160. The van der Waals surface area contributed by atoms with E-state index in [0.717, 1.165) is 92.0 Å². The topological polar surface area (TPSA) is 71.7 Å². The summed E-state index contributed by atoms with van der Waals surface area (Å²) < 4.78 is 7.62. The fourth-order valence-electron chi connectivity index (χ4n) is 5.51. The van der Waals surface area contributed by atoms with Gasteiger partial charge in [0.2, 0.25) is 0 Å². The van der Waals surface area contributed by atoms with Gasteiger partial charge in [0.15, 0.2) is 5.65 Å². The summed E-state index contributed by atoms with van der Waals surface area (Å²) in [4.78, 5) is 19.8. The first-order valence-corrected chi connectivity index (χ1v) is 12.5. The van der Waals surface area contributed by atoms with Crippen LogP contribution in [-0.4, -0.2) is 64.0 Å². The quantitative estimate of drug-likeness (QED) is 0.605. The number of aromatic nitrogens is 5. The van der Waals surface area contributed by atoms with Gasteiger partial charge in [-0.05, 0) is 58.3 Å². The molecule has 3 aromatic rings. The molecule has 3 aliphatic rings. The van der Waals surface area contributed by atoms with Crippen LogP contribution in [-0.2, 0) is 17.6 Å². The second kappa shape index (κ2) is 8.56. The predicted octanol–water partition coefficient (Wildman–Crippen LogP) is 3.59. The second-order valence-electron chi connectivity index (χ2n) is 9.68. The molecule has 0 spiro atoms. The average Bonchev–Trinajstić information content (AvgIpc) is 3.53. The van der Waals surface area contributed by atoms with E-state index in [0.29, 0.717) is 6.04 Å². The molecule has 2 aliphatic heterocycles. The minimum absolute atomic E-state index is 0.439. The zero-order valence-corrected chi connectivity index (χ0v) is 19.8. The Balaban J connectivity index is 1.46. The third kappa shape index (κ3) is 3.84. The van der Waals surface area contributed by atoms with Gasteiger partial charge in [-0.1, -0.05) is 0 Å². The van der Waals surface area contributed by atoms with Crippen LogP contribution < -0.4 is 9.80 Å². The molecule has 8 heteroatoms. The minimum atomic E-state index is 0.439. The van der Waals surface area contributed by atoms with Crippen molar-refractivity contribution in [3.05, 3.63) is 29.2 Å². The van der Waals surface area contributed by atoms with Crippen molar-refractivity contribution in [2.75, 3.05) is 43.2 Å². The maximum absolute atomic E-state index is 5.61. The number of fused-ring (bicyclic) bond motifs is 2. The zero-order chi connectivity index (χ0) is 22.4. The molecule has 5 heterocycles. The first kappa shape index (κ1) is 20.8. The number of hydrogen-bond donors (Lipinski definition) is 0. The molecular weight excluding hydrogens is 414 g/mol. The SMILES string of the molecule is Cc1nc2c(nc1-c1cc3nc(N4CCCC4)cc(N(C)C4CCOCC4)n3n1)CCCC2. The van der Waals surface area contributed by atoms with Crippen molar-refractivity contribution in [1.82, 2.24) is 24.6 Å². The van der Waals surface area contributed by atoms with Crippen molar-refractivity contribution >= 4 is 17.3 Å². The number of hydrogen-bond acceptors (Lipinski definition) is 7. The van der Waals surface area contributed by atoms with Crippen LogP contribution in [0.25, 0.3) is 17.0 Å². The van der Waals surface area contributed by atoms with E-state index in [4.69, 9.17) is 24.8 Å². The van der Waals surface area contributed by atoms with E-state index < -0.39 is 0 Å². The summed E-state index contributed by atoms with van der Waals surface area (Å²) >= 11 is 0. The van der Waals surface area contributed by atoms with Gasteiger partial charge in [0.25, 0.3) is 0 Å². The third-order valence-corrected chi connectivity index (χ3v) is 7.47. The van der Waals surface area contributed by atoms with Crippen molar-refractivity contribution in [3.63, 3.8) is 0 Å². The largest absolute Gasteiger partial charge is 0.381 e. The normalized spacial score (nSPS) is 19.3. The fraction of sp³-hybridized carbons (Fsp3) is 0.600. The van der Waals surface area contributed by atoms with Crippen molar-refractivity contribution in [2.24, 2.45) is 0 Å². The Hall–Kier alpha value is -2.74. The van der Waals surface area contributed by atoms with Crippen LogP contribution in [0.15, 0.2) is 12.1 Å². The highest BCUT2D eigenvalue weighted by Crippen LogP contribution is 2.31. The van der Waals surface area contributed by atoms with E-state index >= 15 is 0 Å². The van der Waals surface area contributed by atoms with Crippen molar-refractivity contribution in [2.45, 2.75) is 64.3 Å². The van der Waals surface area contributed by atoms with Gasteiger partial charge in [-0.15, -0.1) is 0 Å². The monoisotopic (exact) mass is 447 g/mol. The van der Waals surface area contributed by atoms with Gasteiger partial charge in [0.1, 0.15) is 23.0 Å². The molecule has 0 N–H and O–H groups in total. The molecule has 1 aliphatic carbocycles. The Morgan fingerprint density at radius 3 is 2.42 bits per heavy atom. The lowest BCUT2D eigenvalue weighted by Crippen LogP contribution is -2.38. The summed E-state index contributed by atoms with van der Waals surface area (Å²) in [6.45, 7) is 5.83. The van der Waals surface area contributed by atoms with Crippen LogP contribution in [0.5, 0.6) is 0 Å². The van der Waals surface area contributed by atoms with E-state index in [9.17, 15) is 0 Å². The Morgan fingerprint density at radius 1 is 0.939 bits per heavy atom. The van der Waals surface area contributed by atoms with Gasteiger partial charge in [-0.2, -0.15) is 9.61 Å². The number of nitrogens with zero attached hydrogens (tertiary/aromatic N) is 7. The highest BCUT2D eigenvalue weighted by atomic mass is 16.5. The highest BCUT2D eigenvalue weighted by Gasteiger charge is 2.25. The predicted molar refractivity (Wildman–Crippen MR) is 129 cm³/mol. The molecule has 33 heavy (non-hydrogen) atoms. The van der Waals surface area contributed by atoms with Gasteiger partial charge in [0, 0.05) is 51.5 Å². The minimum Gasteiger partial charge on any atom is -0.381 e. The van der Waals surface area contributed by atoms with E-state index in [1.807, 2.05) is 4.52 Å². The van der Waals surface area contributed by atoms with Crippen molar-refractivity contribution in [1.29, 1.82) is 0 Å². The second-order valence-corrected chi connectivity index (χ2v) is 9.68. The van der Waals surface area contributed by atoms with Gasteiger partial charge >= 0.3 is 0 Å². The van der Waals surface area contributed by atoms with Crippen molar-refractivity contribution in [3.8, 4) is 11.4 Å². The summed E-state index contributed by atoms with van der Waals surface area (Å²) in [5.74, 6) is 2.14. The molecule has 0 saturated carbocycles. The standard InChI is InChI=1S/C25H33N7O/c1-17-25(27-20-8-4-3-7-19(20)26-17)21-15-23-28-22(31-11-5-6-12-31)16-24(32(23)29-21)30(2)18-9-13-33-14-10-18/h15-16,18H,3-14H2,1-2H3.